The highest BCUT2D eigenvalue weighted by molar-refractivity contribution is 9.10. The number of hydrogen-bond acceptors (Lipinski definition) is 4. The van der Waals surface area contributed by atoms with E-state index in [1.807, 2.05) is 54.6 Å². The molecule has 0 atom stereocenters. The summed E-state index contributed by atoms with van der Waals surface area (Å²) in [4.78, 5) is 24.4. The van der Waals surface area contributed by atoms with Gasteiger partial charge in [-0.05, 0) is 36.4 Å². The third-order valence-electron chi connectivity index (χ3n) is 4.66. The maximum atomic E-state index is 12.2. The fourth-order valence-electron chi connectivity index (χ4n) is 3.02. The molecule has 0 aliphatic heterocycles. The van der Waals surface area contributed by atoms with Crippen molar-refractivity contribution in [2.24, 2.45) is 5.10 Å². The number of hydrazone groups is 1. The van der Waals surface area contributed by atoms with Crippen LogP contribution in [-0.2, 0) is 9.59 Å². The number of hydrogen-bond donors (Lipinski definition) is 2. The van der Waals surface area contributed by atoms with Crippen LogP contribution in [0.15, 0.2) is 88.6 Å². The predicted molar refractivity (Wildman–Crippen MR) is 138 cm³/mol. The van der Waals surface area contributed by atoms with Crippen molar-refractivity contribution < 1.29 is 9.59 Å². The van der Waals surface area contributed by atoms with Gasteiger partial charge in [-0.2, -0.15) is 10.2 Å². The average Bonchev–Trinajstić information content (AvgIpc) is 3.27. The molecule has 0 unspecified atom stereocenters. The van der Waals surface area contributed by atoms with Crippen LogP contribution >= 0.6 is 39.1 Å². The molecular formula is C24H16BrCl2N5O2. The van der Waals surface area contributed by atoms with Crippen molar-refractivity contribution in [3.63, 3.8) is 0 Å². The van der Waals surface area contributed by atoms with E-state index in [1.165, 1.54) is 12.3 Å². The molecule has 2 N–H and O–H groups in total. The molecule has 0 bridgehead atoms. The Labute approximate surface area is 213 Å². The molecule has 34 heavy (non-hydrogen) atoms. The highest BCUT2D eigenvalue weighted by Gasteiger charge is 2.16. The first-order chi connectivity index (χ1) is 16.4. The summed E-state index contributed by atoms with van der Waals surface area (Å²) in [6.07, 6.45) is 3.22. The molecule has 3 aromatic carbocycles. The van der Waals surface area contributed by atoms with E-state index in [-0.39, 0.29) is 15.7 Å². The molecule has 4 aromatic rings. The molecule has 10 heteroatoms. The van der Waals surface area contributed by atoms with E-state index in [9.17, 15) is 9.59 Å². The molecule has 0 aliphatic rings. The van der Waals surface area contributed by atoms with Crippen LogP contribution in [0.25, 0.3) is 16.9 Å². The van der Waals surface area contributed by atoms with Crippen molar-refractivity contribution in [3.8, 4) is 16.9 Å². The molecule has 0 aliphatic carbocycles. The van der Waals surface area contributed by atoms with Crippen molar-refractivity contribution >= 4 is 62.8 Å². The fraction of sp³-hybridized carbons (Fsp3) is 0. The maximum absolute atomic E-state index is 12.2. The Bertz CT molecular complexity index is 1370. The number of carbonyl (C=O) groups excluding carboxylic acids is 2. The van der Waals surface area contributed by atoms with Gasteiger partial charge in [0.05, 0.1) is 27.6 Å². The molecule has 2 amide bonds. The lowest BCUT2D eigenvalue weighted by molar-refractivity contribution is -0.136. The summed E-state index contributed by atoms with van der Waals surface area (Å²) in [5, 5.41) is 11.4. The number of amides is 2. The van der Waals surface area contributed by atoms with Gasteiger partial charge in [0.25, 0.3) is 0 Å². The van der Waals surface area contributed by atoms with Crippen LogP contribution in [-0.4, -0.2) is 27.8 Å². The number of nitrogens with one attached hydrogen (secondary N) is 2. The Morgan fingerprint density at radius 2 is 1.68 bits per heavy atom. The number of anilines is 1. The van der Waals surface area contributed by atoms with Crippen LogP contribution in [0, 0.1) is 0 Å². The molecule has 0 saturated carbocycles. The third kappa shape index (κ3) is 5.53. The number of nitrogens with zero attached hydrogens (tertiary/aromatic N) is 3. The van der Waals surface area contributed by atoms with E-state index >= 15 is 0 Å². The van der Waals surface area contributed by atoms with Crippen LogP contribution in [0.4, 0.5) is 5.69 Å². The first-order valence-electron chi connectivity index (χ1n) is 9.92. The number of aromatic nitrogens is 2. The van der Waals surface area contributed by atoms with Crippen molar-refractivity contribution in [1.82, 2.24) is 15.2 Å². The summed E-state index contributed by atoms with van der Waals surface area (Å²) in [6.45, 7) is 0. The summed E-state index contributed by atoms with van der Waals surface area (Å²) in [7, 11) is 0. The molecule has 0 fully saturated rings. The highest BCUT2D eigenvalue weighted by atomic mass is 79.9. The van der Waals surface area contributed by atoms with Gasteiger partial charge in [0, 0.05) is 21.8 Å². The van der Waals surface area contributed by atoms with Crippen LogP contribution in [0.1, 0.15) is 5.56 Å². The van der Waals surface area contributed by atoms with Crippen LogP contribution < -0.4 is 10.7 Å². The predicted octanol–water partition coefficient (Wildman–Crippen LogP) is 5.70. The Hall–Kier alpha value is -3.46. The topological polar surface area (TPSA) is 88.4 Å². The lowest BCUT2D eigenvalue weighted by Gasteiger charge is -2.06. The van der Waals surface area contributed by atoms with Gasteiger partial charge < -0.3 is 5.32 Å². The quantitative estimate of drug-likeness (QED) is 0.188. The number of carbonyl (C=O) groups is 2. The smallest absolute Gasteiger partial charge is 0.316 e. The number of halogens is 3. The zero-order valence-corrected chi connectivity index (χ0v) is 20.5. The molecule has 4 rings (SSSR count). The lowest BCUT2D eigenvalue weighted by atomic mass is 10.1. The van der Waals surface area contributed by atoms with Crippen molar-refractivity contribution in [1.29, 1.82) is 0 Å². The minimum absolute atomic E-state index is 0.140. The first-order valence-corrected chi connectivity index (χ1v) is 11.5. The second kappa shape index (κ2) is 10.6. The zero-order chi connectivity index (χ0) is 24.1. The SMILES string of the molecule is O=C(N/N=C\c1cn(-c2ccccc2)nc1-c1ccc(Br)cc1)C(=O)Nc1cccc(Cl)c1Cl. The van der Waals surface area contributed by atoms with E-state index in [1.54, 1.807) is 23.0 Å². The van der Waals surface area contributed by atoms with E-state index in [2.05, 4.69) is 36.9 Å². The average molecular weight is 557 g/mol. The van der Waals surface area contributed by atoms with E-state index < -0.39 is 11.8 Å². The van der Waals surface area contributed by atoms with Crippen molar-refractivity contribution in [2.75, 3.05) is 5.32 Å². The monoisotopic (exact) mass is 555 g/mol. The van der Waals surface area contributed by atoms with Crippen LogP contribution in [0.3, 0.4) is 0 Å². The molecular weight excluding hydrogens is 541 g/mol. The number of benzene rings is 3. The second-order valence-corrected chi connectivity index (χ2v) is 8.68. The molecule has 7 nitrogen and oxygen atoms in total. The summed E-state index contributed by atoms with van der Waals surface area (Å²) in [6, 6.07) is 21.9. The molecule has 1 heterocycles. The lowest BCUT2D eigenvalue weighted by Crippen LogP contribution is -2.32. The maximum Gasteiger partial charge on any atom is 0.329 e. The van der Waals surface area contributed by atoms with Gasteiger partial charge >= 0.3 is 11.8 Å². The Balaban J connectivity index is 1.54. The molecule has 0 radical (unpaired) electrons. The van der Waals surface area contributed by atoms with Crippen molar-refractivity contribution in [3.05, 3.63) is 99.1 Å². The molecule has 170 valence electrons. The van der Waals surface area contributed by atoms with E-state index in [0.29, 0.717) is 11.3 Å². The number of rotatable bonds is 5. The van der Waals surface area contributed by atoms with E-state index in [4.69, 9.17) is 23.2 Å². The van der Waals surface area contributed by atoms with Gasteiger partial charge in [0.2, 0.25) is 0 Å². The van der Waals surface area contributed by atoms with Crippen molar-refractivity contribution in [2.45, 2.75) is 0 Å². The minimum atomic E-state index is -0.965. The van der Waals surface area contributed by atoms with Gasteiger partial charge in [-0.3, -0.25) is 9.59 Å². The largest absolute Gasteiger partial charge is 0.329 e. The van der Waals surface area contributed by atoms with Crippen LogP contribution in [0.5, 0.6) is 0 Å². The minimum Gasteiger partial charge on any atom is -0.316 e. The Kier molecular flexibility index (Phi) is 7.42. The Morgan fingerprint density at radius 1 is 0.941 bits per heavy atom. The van der Waals surface area contributed by atoms with Gasteiger partial charge in [-0.1, -0.05) is 75.5 Å². The first kappa shape index (κ1) is 23.7. The van der Waals surface area contributed by atoms with E-state index in [0.717, 1.165) is 15.7 Å². The summed E-state index contributed by atoms with van der Waals surface area (Å²) < 4.78 is 2.65. The third-order valence-corrected chi connectivity index (χ3v) is 6.00. The van der Waals surface area contributed by atoms with Gasteiger partial charge in [0.1, 0.15) is 5.69 Å². The highest BCUT2D eigenvalue weighted by Crippen LogP contribution is 2.29. The summed E-state index contributed by atoms with van der Waals surface area (Å²) in [5.74, 6) is -1.90. The summed E-state index contributed by atoms with van der Waals surface area (Å²) >= 11 is 15.4. The zero-order valence-electron chi connectivity index (χ0n) is 17.4. The van der Waals surface area contributed by atoms with Gasteiger partial charge in [-0.25, -0.2) is 10.1 Å². The summed E-state index contributed by atoms with van der Waals surface area (Å²) in [5.41, 5.74) is 5.47. The van der Waals surface area contributed by atoms with Gasteiger partial charge in [0.15, 0.2) is 0 Å². The Morgan fingerprint density at radius 3 is 2.41 bits per heavy atom. The van der Waals surface area contributed by atoms with Crippen LogP contribution in [0.2, 0.25) is 10.0 Å². The van der Waals surface area contributed by atoms with Gasteiger partial charge in [-0.15, -0.1) is 0 Å². The number of para-hydroxylation sites is 1. The molecule has 1 aromatic heterocycles. The normalized spacial score (nSPS) is 10.9. The molecule has 0 spiro atoms. The second-order valence-electron chi connectivity index (χ2n) is 6.97. The standard InChI is InChI=1S/C24H16BrCl2N5O2/c25-17-11-9-15(10-12-17)22-16(14-32(31-22)18-5-2-1-3-6-18)13-28-30-24(34)23(33)29-20-8-4-7-19(26)21(20)27/h1-14H,(H,29,33)(H,30,34)/b28-13-. The fourth-order valence-corrected chi connectivity index (χ4v) is 3.63. The molecule has 0 saturated heterocycles.